The van der Waals surface area contributed by atoms with E-state index in [4.69, 9.17) is 0 Å². The van der Waals surface area contributed by atoms with Crippen molar-refractivity contribution in [3.05, 3.63) is 28.8 Å². The summed E-state index contributed by atoms with van der Waals surface area (Å²) in [5.41, 5.74) is 1.27. The number of aliphatic imine (C=N–C) groups is 1. The Labute approximate surface area is 192 Å². The molecule has 0 atom stereocenters. The number of aromatic nitrogens is 2. The molecule has 0 aliphatic carbocycles. The Morgan fingerprint density at radius 1 is 0.970 bits per heavy atom. The minimum absolute atomic E-state index is 0.0911. The van der Waals surface area contributed by atoms with E-state index in [1.807, 2.05) is 38.0 Å². The van der Waals surface area contributed by atoms with Crippen molar-refractivity contribution in [2.45, 2.75) is 6.92 Å². The molecule has 3 rings (SSSR count). The number of amides is 1. The normalized spacial score (nSPS) is 12.0. The highest BCUT2D eigenvalue weighted by molar-refractivity contribution is 6.10. The van der Waals surface area contributed by atoms with Crippen LogP contribution in [0.25, 0.3) is 22.1 Å². The van der Waals surface area contributed by atoms with Gasteiger partial charge in [0.15, 0.2) is 0 Å². The Hall–Kier alpha value is -3.50. The lowest BCUT2D eigenvalue weighted by Crippen LogP contribution is -2.31. The maximum Gasteiger partial charge on any atom is 0.253 e. The van der Waals surface area contributed by atoms with E-state index in [0.29, 0.717) is 26.2 Å². The average Bonchev–Trinajstić information content (AvgIpc) is 2.76. The Morgan fingerprint density at radius 2 is 1.64 bits per heavy atom. The van der Waals surface area contributed by atoms with Gasteiger partial charge in [0.05, 0.1) is 17.7 Å². The molecule has 0 saturated heterocycles. The number of rotatable bonds is 8. The van der Waals surface area contributed by atoms with Crippen molar-refractivity contribution in [3.63, 3.8) is 0 Å². The number of carbonyl (C=O) groups excluding carboxylic acids is 1. The molecule has 0 aliphatic rings. The van der Waals surface area contributed by atoms with E-state index >= 15 is 0 Å². The van der Waals surface area contributed by atoms with Gasteiger partial charge in [0, 0.05) is 31.4 Å². The second kappa shape index (κ2) is 9.97. The van der Waals surface area contributed by atoms with Crippen molar-refractivity contribution < 1.29 is 20.1 Å². The van der Waals surface area contributed by atoms with Gasteiger partial charge in [-0.05, 0) is 47.2 Å². The summed E-state index contributed by atoms with van der Waals surface area (Å²) in [7, 11) is 7.67. The summed E-state index contributed by atoms with van der Waals surface area (Å²) in [6, 6.07) is 2.85. The summed E-state index contributed by atoms with van der Waals surface area (Å²) < 4.78 is 0. The van der Waals surface area contributed by atoms with Gasteiger partial charge in [0.25, 0.3) is 5.91 Å². The maximum atomic E-state index is 12.8. The van der Waals surface area contributed by atoms with Crippen LogP contribution in [0, 0.1) is 6.92 Å². The zero-order valence-corrected chi connectivity index (χ0v) is 19.5. The molecule has 0 fully saturated rings. The third kappa shape index (κ3) is 5.12. The first-order valence-electron chi connectivity index (χ1n) is 10.6. The van der Waals surface area contributed by atoms with E-state index in [9.17, 15) is 20.1 Å². The number of nitrogens with one attached hydrogen (secondary N) is 1. The summed E-state index contributed by atoms with van der Waals surface area (Å²) in [6.07, 6.45) is 1.49. The number of carbonyl (C=O) groups is 1. The Bertz CT molecular complexity index is 1220. The van der Waals surface area contributed by atoms with Gasteiger partial charge in [-0.15, -0.1) is 0 Å². The number of benzene rings is 2. The molecule has 0 saturated carbocycles. The van der Waals surface area contributed by atoms with Crippen LogP contribution in [0.4, 0.5) is 0 Å². The lowest BCUT2D eigenvalue weighted by Gasteiger charge is -2.14. The summed E-state index contributed by atoms with van der Waals surface area (Å²) in [5, 5.41) is 34.6. The molecule has 176 valence electrons. The fourth-order valence-electron chi connectivity index (χ4n) is 3.29. The number of nitrogens with zero attached hydrogens (tertiary/aromatic N) is 5. The largest absolute Gasteiger partial charge is 0.507 e. The Morgan fingerprint density at radius 3 is 2.30 bits per heavy atom. The minimum atomic E-state index is -0.365. The van der Waals surface area contributed by atoms with Gasteiger partial charge < -0.3 is 30.4 Å². The molecule has 0 unspecified atom stereocenters. The number of aromatic hydroxyl groups is 3. The number of phenols is 3. The van der Waals surface area contributed by atoms with E-state index in [0.717, 1.165) is 0 Å². The Kier molecular flexibility index (Phi) is 7.29. The van der Waals surface area contributed by atoms with Crippen LogP contribution in [0.15, 0.2) is 17.1 Å². The molecule has 0 radical (unpaired) electrons. The number of likely N-dealkylation sites (N-methyl/N-ethyl adjacent to an activating group) is 2. The van der Waals surface area contributed by atoms with Gasteiger partial charge in [0.1, 0.15) is 39.3 Å². The smallest absolute Gasteiger partial charge is 0.253 e. The zero-order valence-electron chi connectivity index (χ0n) is 19.5. The van der Waals surface area contributed by atoms with Crippen LogP contribution in [0.5, 0.6) is 17.2 Å². The van der Waals surface area contributed by atoms with Gasteiger partial charge >= 0.3 is 0 Å². The predicted octanol–water partition coefficient (Wildman–Crippen LogP) is 1.48. The molecule has 3 aromatic rings. The zero-order chi connectivity index (χ0) is 24.3. The monoisotopic (exact) mass is 454 g/mol. The van der Waals surface area contributed by atoms with Crippen LogP contribution in [0.2, 0.25) is 0 Å². The van der Waals surface area contributed by atoms with Crippen LogP contribution >= 0.6 is 0 Å². The third-order valence-corrected chi connectivity index (χ3v) is 5.23. The molecule has 10 nitrogen and oxygen atoms in total. The number of fused-ring (bicyclic) bond motifs is 2. The van der Waals surface area contributed by atoms with Crippen molar-refractivity contribution in [3.8, 4) is 17.2 Å². The average molecular weight is 455 g/mol. The molecule has 2 aromatic carbocycles. The van der Waals surface area contributed by atoms with Gasteiger partial charge in [-0.2, -0.15) is 0 Å². The van der Waals surface area contributed by atoms with Crippen LogP contribution in [0.3, 0.4) is 0 Å². The van der Waals surface area contributed by atoms with E-state index < -0.39 is 0 Å². The molecule has 1 aromatic heterocycles. The second-order valence-electron chi connectivity index (χ2n) is 8.38. The molecule has 0 aliphatic heterocycles. The highest BCUT2D eigenvalue weighted by atomic mass is 16.3. The fourth-order valence-corrected chi connectivity index (χ4v) is 3.29. The first kappa shape index (κ1) is 24.1. The highest BCUT2D eigenvalue weighted by Gasteiger charge is 2.22. The van der Waals surface area contributed by atoms with Crippen molar-refractivity contribution in [1.82, 2.24) is 25.1 Å². The van der Waals surface area contributed by atoms with Gasteiger partial charge in [-0.3, -0.25) is 9.79 Å². The van der Waals surface area contributed by atoms with Crippen molar-refractivity contribution >= 4 is 34.2 Å². The first-order valence-corrected chi connectivity index (χ1v) is 10.6. The van der Waals surface area contributed by atoms with Crippen molar-refractivity contribution in [2.24, 2.45) is 4.99 Å². The molecule has 33 heavy (non-hydrogen) atoms. The maximum absolute atomic E-state index is 12.8. The molecular formula is C23H30N6O4. The van der Waals surface area contributed by atoms with E-state index in [2.05, 4.69) is 20.3 Å². The standard InChI is InChI=1S/C23H30N6O4/c1-13-21(31)15(12-24-8-10-28(2)3)18-20(22(13)32)27-17-14(6-7-16(30)19(17)26-18)23(33)25-9-11-29(4)5/h6-7,12,30-32H,8-11H2,1-5H3,(H,25,33)/b24-12+. The number of phenolic OH excluding ortho intramolecular Hbond substituents is 3. The van der Waals surface area contributed by atoms with Crippen molar-refractivity contribution in [2.75, 3.05) is 54.4 Å². The van der Waals surface area contributed by atoms with Crippen molar-refractivity contribution in [1.29, 1.82) is 0 Å². The minimum Gasteiger partial charge on any atom is -0.507 e. The lowest BCUT2D eigenvalue weighted by molar-refractivity contribution is 0.0952. The predicted molar refractivity (Wildman–Crippen MR) is 129 cm³/mol. The summed E-state index contributed by atoms with van der Waals surface area (Å²) in [4.78, 5) is 30.0. The fraction of sp³-hybridized carbons (Fsp3) is 0.391. The van der Waals surface area contributed by atoms with Gasteiger partial charge in [-0.1, -0.05) is 0 Å². The summed E-state index contributed by atoms with van der Waals surface area (Å²) in [5.74, 6) is -0.945. The third-order valence-electron chi connectivity index (χ3n) is 5.23. The van der Waals surface area contributed by atoms with Crippen LogP contribution < -0.4 is 5.32 Å². The number of hydrogen-bond acceptors (Lipinski definition) is 9. The first-order chi connectivity index (χ1) is 15.6. The highest BCUT2D eigenvalue weighted by Crippen LogP contribution is 2.38. The molecule has 1 amide bonds. The van der Waals surface area contributed by atoms with Crippen LogP contribution in [-0.4, -0.2) is 102 Å². The Balaban J connectivity index is 2.17. The molecule has 4 N–H and O–H groups in total. The lowest BCUT2D eigenvalue weighted by atomic mass is 10.0. The molecule has 10 heteroatoms. The summed E-state index contributed by atoms with van der Waals surface area (Å²) >= 11 is 0. The molecule has 1 heterocycles. The quantitative estimate of drug-likeness (QED) is 0.297. The van der Waals surface area contributed by atoms with E-state index in [1.165, 1.54) is 18.3 Å². The number of hydrogen-bond donors (Lipinski definition) is 4. The SMILES string of the molecule is Cc1c(O)c(/C=N/CCN(C)C)c2nc3c(O)ccc(C(=O)NCCN(C)C)c3nc2c1O. The summed E-state index contributed by atoms with van der Waals surface area (Å²) in [6.45, 7) is 3.86. The van der Waals surface area contributed by atoms with Gasteiger partial charge in [-0.25, -0.2) is 9.97 Å². The topological polar surface area (TPSA) is 134 Å². The molecular weight excluding hydrogens is 424 g/mol. The molecule has 0 bridgehead atoms. The van der Waals surface area contributed by atoms with E-state index in [-0.39, 0.29) is 61.9 Å². The van der Waals surface area contributed by atoms with Gasteiger partial charge in [0.2, 0.25) is 0 Å². The van der Waals surface area contributed by atoms with E-state index in [1.54, 1.807) is 6.92 Å². The van der Waals surface area contributed by atoms with Crippen LogP contribution in [0.1, 0.15) is 21.5 Å². The van der Waals surface area contributed by atoms with Crippen LogP contribution in [-0.2, 0) is 0 Å². The second-order valence-corrected chi connectivity index (χ2v) is 8.38. The molecule has 0 spiro atoms.